The lowest BCUT2D eigenvalue weighted by Gasteiger charge is -2.28. The molecule has 0 amide bonds. The third-order valence-corrected chi connectivity index (χ3v) is 2.16. The summed E-state index contributed by atoms with van der Waals surface area (Å²) in [4.78, 5) is 0. The van der Waals surface area contributed by atoms with Crippen molar-refractivity contribution in [3.05, 3.63) is 0 Å². The van der Waals surface area contributed by atoms with Gasteiger partial charge in [0.15, 0.2) is 0 Å². The van der Waals surface area contributed by atoms with E-state index in [1.807, 2.05) is 7.05 Å². The Morgan fingerprint density at radius 3 is 2.14 bits per heavy atom. The topological polar surface area (TPSA) is 30.5 Å². The third-order valence-electron chi connectivity index (χ3n) is 2.16. The third kappa shape index (κ3) is 7.26. The zero-order chi connectivity index (χ0) is 10.8. The first-order valence-electron chi connectivity index (χ1n) is 5.49. The number of rotatable bonds is 9. The number of likely N-dealkylation sites (N-methyl/N-ethyl adjacent to an activating group) is 1. The monoisotopic (exact) mass is 202 g/mol. The Kier molecular flexibility index (Phi) is 9.29. The van der Waals surface area contributed by atoms with Crippen LogP contribution in [-0.2, 0) is 0 Å². The Labute approximate surface area is 88.6 Å². The van der Waals surface area contributed by atoms with Crippen LogP contribution in [0.3, 0.4) is 0 Å². The lowest BCUT2D eigenvalue weighted by atomic mass is 10.4. The molecule has 0 aromatic heterocycles. The van der Waals surface area contributed by atoms with Crippen LogP contribution in [0.1, 0.15) is 13.3 Å². The molecule has 0 heterocycles. The van der Waals surface area contributed by atoms with Crippen LogP contribution in [0, 0.1) is 0 Å². The molecular formula is C10H26N4. The average molecular weight is 202 g/mol. The molecule has 0 saturated carbocycles. The van der Waals surface area contributed by atoms with E-state index in [9.17, 15) is 0 Å². The van der Waals surface area contributed by atoms with E-state index < -0.39 is 0 Å². The van der Waals surface area contributed by atoms with E-state index in [2.05, 4.69) is 41.7 Å². The Balaban J connectivity index is 3.52. The molecule has 0 aliphatic carbocycles. The molecule has 0 unspecified atom stereocenters. The van der Waals surface area contributed by atoms with Crippen LogP contribution in [0.2, 0.25) is 0 Å². The molecular weight excluding hydrogens is 176 g/mol. The predicted molar refractivity (Wildman–Crippen MR) is 62.3 cm³/mol. The Morgan fingerprint density at radius 2 is 1.64 bits per heavy atom. The molecule has 0 aromatic rings. The van der Waals surface area contributed by atoms with Gasteiger partial charge in [0.1, 0.15) is 0 Å². The van der Waals surface area contributed by atoms with Gasteiger partial charge in [-0.2, -0.15) is 0 Å². The molecule has 4 heteroatoms. The van der Waals surface area contributed by atoms with Crippen molar-refractivity contribution in [3.8, 4) is 0 Å². The molecule has 0 radical (unpaired) electrons. The van der Waals surface area contributed by atoms with Gasteiger partial charge in [0.25, 0.3) is 0 Å². The molecule has 0 bridgehead atoms. The first-order valence-corrected chi connectivity index (χ1v) is 5.49. The first-order chi connectivity index (χ1) is 6.72. The van der Waals surface area contributed by atoms with E-state index in [0.717, 1.165) is 32.7 Å². The van der Waals surface area contributed by atoms with Crippen LogP contribution in [0.15, 0.2) is 0 Å². The summed E-state index contributed by atoms with van der Waals surface area (Å²) in [6.07, 6.45) is 1.21. The number of hydrogen-bond acceptors (Lipinski definition) is 4. The highest BCUT2D eigenvalue weighted by Gasteiger charge is 2.04. The molecule has 0 spiro atoms. The molecule has 0 saturated heterocycles. The van der Waals surface area contributed by atoms with Crippen LogP contribution in [0.25, 0.3) is 0 Å². The molecule has 0 aliphatic heterocycles. The maximum absolute atomic E-state index is 3.41. The van der Waals surface area contributed by atoms with Crippen molar-refractivity contribution in [1.29, 1.82) is 0 Å². The molecule has 86 valence electrons. The van der Waals surface area contributed by atoms with Crippen molar-refractivity contribution in [1.82, 2.24) is 20.7 Å². The fraction of sp³-hybridized carbons (Fsp3) is 1.00. The van der Waals surface area contributed by atoms with Crippen LogP contribution in [-0.4, -0.2) is 63.9 Å². The normalized spacial score (nSPS) is 11.6. The molecule has 4 nitrogen and oxygen atoms in total. The van der Waals surface area contributed by atoms with Crippen molar-refractivity contribution < 1.29 is 0 Å². The van der Waals surface area contributed by atoms with Crippen LogP contribution in [0.4, 0.5) is 0 Å². The molecule has 0 fully saturated rings. The fourth-order valence-electron chi connectivity index (χ4n) is 1.26. The summed E-state index contributed by atoms with van der Waals surface area (Å²) in [7, 11) is 6.17. The average Bonchev–Trinajstić information content (AvgIpc) is 2.16. The molecule has 2 N–H and O–H groups in total. The predicted octanol–water partition coefficient (Wildman–Crippen LogP) is -0.0160. The Morgan fingerprint density at radius 1 is 1.00 bits per heavy atom. The van der Waals surface area contributed by atoms with Crippen molar-refractivity contribution >= 4 is 0 Å². The minimum absolute atomic E-state index is 1.03. The summed E-state index contributed by atoms with van der Waals surface area (Å²) in [5, 5.41) is 11.1. The summed E-state index contributed by atoms with van der Waals surface area (Å²) in [6.45, 7) is 7.55. The highest BCUT2D eigenvalue weighted by molar-refractivity contribution is 4.56. The van der Waals surface area contributed by atoms with Gasteiger partial charge in [0.05, 0.1) is 0 Å². The minimum atomic E-state index is 1.03. The Hall–Kier alpha value is -0.160. The summed E-state index contributed by atoms with van der Waals surface area (Å²) < 4.78 is 0. The second kappa shape index (κ2) is 9.40. The van der Waals surface area contributed by atoms with E-state index in [1.54, 1.807) is 0 Å². The van der Waals surface area contributed by atoms with Crippen LogP contribution in [0.5, 0.6) is 0 Å². The van der Waals surface area contributed by atoms with Crippen molar-refractivity contribution in [2.75, 3.05) is 53.9 Å². The summed E-state index contributed by atoms with van der Waals surface area (Å²) in [5.74, 6) is 0. The SMILES string of the molecule is CCCNCCN(CCNC)N(C)C. The van der Waals surface area contributed by atoms with E-state index in [4.69, 9.17) is 0 Å². The maximum Gasteiger partial charge on any atom is 0.0259 e. The van der Waals surface area contributed by atoms with Crippen LogP contribution >= 0.6 is 0 Å². The van der Waals surface area contributed by atoms with Gasteiger partial charge in [0.2, 0.25) is 0 Å². The second-order valence-corrected chi connectivity index (χ2v) is 3.65. The summed E-state index contributed by atoms with van der Waals surface area (Å²) >= 11 is 0. The fourth-order valence-corrected chi connectivity index (χ4v) is 1.26. The number of hydrogen-bond donors (Lipinski definition) is 2. The molecule has 0 aromatic carbocycles. The molecule has 14 heavy (non-hydrogen) atoms. The van der Waals surface area contributed by atoms with Crippen molar-refractivity contribution in [2.45, 2.75) is 13.3 Å². The van der Waals surface area contributed by atoms with Crippen molar-refractivity contribution in [3.63, 3.8) is 0 Å². The van der Waals surface area contributed by atoms with Gasteiger partial charge in [-0.05, 0) is 20.0 Å². The van der Waals surface area contributed by atoms with E-state index in [0.29, 0.717) is 0 Å². The summed E-state index contributed by atoms with van der Waals surface area (Å²) in [5.41, 5.74) is 0. The van der Waals surface area contributed by atoms with E-state index in [-0.39, 0.29) is 0 Å². The Bertz CT molecular complexity index is 117. The second-order valence-electron chi connectivity index (χ2n) is 3.65. The van der Waals surface area contributed by atoms with Crippen molar-refractivity contribution in [2.24, 2.45) is 0 Å². The van der Waals surface area contributed by atoms with Gasteiger partial charge >= 0.3 is 0 Å². The number of hydrazine groups is 1. The molecule has 0 rings (SSSR count). The lowest BCUT2D eigenvalue weighted by Crippen LogP contribution is -2.44. The van der Waals surface area contributed by atoms with Gasteiger partial charge in [-0.25, -0.2) is 10.0 Å². The first kappa shape index (κ1) is 13.8. The standard InChI is InChI=1S/C10H26N4/c1-5-6-12-8-10-14(13(3)4)9-7-11-2/h11-12H,5-10H2,1-4H3. The van der Waals surface area contributed by atoms with Crippen LogP contribution < -0.4 is 10.6 Å². The maximum atomic E-state index is 3.41. The highest BCUT2D eigenvalue weighted by atomic mass is 15.6. The lowest BCUT2D eigenvalue weighted by molar-refractivity contribution is 0.0281. The smallest absolute Gasteiger partial charge is 0.0259 e. The zero-order valence-electron chi connectivity index (χ0n) is 10.1. The molecule has 0 aliphatic rings. The van der Waals surface area contributed by atoms with Gasteiger partial charge in [0, 0.05) is 40.3 Å². The zero-order valence-corrected chi connectivity index (χ0v) is 10.1. The minimum Gasteiger partial charge on any atom is -0.318 e. The quantitative estimate of drug-likeness (QED) is 0.406. The molecule has 0 atom stereocenters. The largest absolute Gasteiger partial charge is 0.318 e. The van der Waals surface area contributed by atoms with E-state index >= 15 is 0 Å². The number of nitrogens with one attached hydrogen (secondary N) is 2. The summed E-state index contributed by atoms with van der Waals surface area (Å²) in [6, 6.07) is 0. The highest BCUT2D eigenvalue weighted by Crippen LogP contribution is 1.89. The van der Waals surface area contributed by atoms with Gasteiger partial charge in [-0.15, -0.1) is 0 Å². The number of nitrogens with zero attached hydrogens (tertiary/aromatic N) is 2. The van der Waals surface area contributed by atoms with Gasteiger partial charge in [-0.3, -0.25) is 0 Å². The van der Waals surface area contributed by atoms with E-state index in [1.165, 1.54) is 6.42 Å². The van der Waals surface area contributed by atoms with Gasteiger partial charge in [-0.1, -0.05) is 6.92 Å². The van der Waals surface area contributed by atoms with Gasteiger partial charge < -0.3 is 10.6 Å².